The number of unbranched alkanes of at least 4 members (excludes halogenated alkanes) is 9. The molecule has 0 atom stereocenters. The van der Waals surface area contributed by atoms with Gasteiger partial charge < -0.3 is 4.57 Å². The number of hydrogen-bond donors (Lipinski definition) is 2. The normalized spacial score (nSPS) is 11.0. The lowest BCUT2D eigenvalue weighted by Gasteiger charge is -2.06. The van der Waals surface area contributed by atoms with Crippen molar-refractivity contribution in [1.82, 2.24) is 9.55 Å². The number of aromatic amines is 1. The summed E-state index contributed by atoms with van der Waals surface area (Å²) in [5, 5.41) is 0. The number of hydrogen-bond acceptors (Lipinski definition) is 3. The fourth-order valence-corrected chi connectivity index (χ4v) is 2.82. The highest BCUT2D eigenvalue weighted by molar-refractivity contribution is 7.80. The Morgan fingerprint density at radius 3 is 1.95 bits per heavy atom. The van der Waals surface area contributed by atoms with Crippen LogP contribution in [0.4, 0.5) is 0 Å². The number of aromatic nitrogens is 2. The molecule has 4 nitrogen and oxygen atoms in total. The summed E-state index contributed by atoms with van der Waals surface area (Å²) in [6.45, 7) is 2.42. The molecule has 0 aliphatic carbocycles. The lowest BCUT2D eigenvalue weighted by molar-refractivity contribution is 0.525. The highest BCUT2D eigenvalue weighted by Gasteiger charge is 2.00. The van der Waals surface area contributed by atoms with Gasteiger partial charge in [-0.05, 0) is 25.5 Å². The molecular formula is C17H30N2O2S. The van der Waals surface area contributed by atoms with E-state index in [-0.39, 0.29) is 11.2 Å². The molecule has 22 heavy (non-hydrogen) atoms. The molecule has 0 aromatic carbocycles. The zero-order chi connectivity index (χ0) is 16.2. The van der Waals surface area contributed by atoms with Crippen LogP contribution in [0, 0.1) is 6.92 Å². The van der Waals surface area contributed by atoms with Crippen LogP contribution in [0.3, 0.4) is 0 Å². The van der Waals surface area contributed by atoms with E-state index in [2.05, 4.69) is 17.6 Å². The predicted molar refractivity (Wildman–Crippen MR) is 96.1 cm³/mol. The number of aryl methyl sites for hydroxylation is 2. The van der Waals surface area contributed by atoms with Crippen molar-refractivity contribution in [2.45, 2.75) is 77.7 Å². The zero-order valence-electron chi connectivity index (χ0n) is 13.8. The molecule has 0 radical (unpaired) electrons. The molecule has 1 N–H and O–H groups in total. The van der Waals surface area contributed by atoms with Gasteiger partial charge in [0.25, 0.3) is 5.56 Å². The first kappa shape index (κ1) is 19.1. The van der Waals surface area contributed by atoms with Crippen molar-refractivity contribution >= 4 is 12.6 Å². The van der Waals surface area contributed by atoms with Crippen molar-refractivity contribution in [1.29, 1.82) is 0 Å². The van der Waals surface area contributed by atoms with Gasteiger partial charge in [-0.2, -0.15) is 12.6 Å². The molecule has 0 spiro atoms. The highest BCUT2D eigenvalue weighted by atomic mass is 32.1. The molecule has 1 rings (SSSR count). The Kier molecular flexibility index (Phi) is 10.0. The topological polar surface area (TPSA) is 54.9 Å². The summed E-state index contributed by atoms with van der Waals surface area (Å²) in [6, 6.07) is 0. The number of thiol groups is 1. The SMILES string of the molecule is Cc1cn(CCCCCCCCCCCCS)c(=O)[nH]c1=O. The average Bonchev–Trinajstić information content (AvgIpc) is 2.49. The molecule has 1 aromatic heterocycles. The van der Waals surface area contributed by atoms with Gasteiger partial charge in [0, 0.05) is 18.3 Å². The van der Waals surface area contributed by atoms with E-state index in [1.165, 1.54) is 51.4 Å². The Labute approximate surface area is 138 Å². The van der Waals surface area contributed by atoms with Crippen molar-refractivity contribution in [3.8, 4) is 0 Å². The van der Waals surface area contributed by atoms with E-state index in [9.17, 15) is 9.59 Å². The molecule has 1 aromatic rings. The Morgan fingerprint density at radius 1 is 0.909 bits per heavy atom. The summed E-state index contributed by atoms with van der Waals surface area (Å²) in [4.78, 5) is 25.2. The van der Waals surface area contributed by atoms with Gasteiger partial charge in [-0.3, -0.25) is 9.78 Å². The van der Waals surface area contributed by atoms with Crippen LogP contribution in [0.25, 0.3) is 0 Å². The second-order valence-corrected chi connectivity index (χ2v) is 6.47. The minimum absolute atomic E-state index is 0.282. The van der Waals surface area contributed by atoms with Crippen LogP contribution < -0.4 is 11.2 Å². The zero-order valence-corrected chi connectivity index (χ0v) is 14.7. The van der Waals surface area contributed by atoms with Crippen molar-refractivity contribution < 1.29 is 0 Å². The van der Waals surface area contributed by atoms with Crippen LogP contribution in [0.15, 0.2) is 15.8 Å². The molecule has 5 heteroatoms. The molecule has 126 valence electrons. The van der Waals surface area contributed by atoms with Crippen molar-refractivity contribution in [3.63, 3.8) is 0 Å². The maximum Gasteiger partial charge on any atom is 0.328 e. The van der Waals surface area contributed by atoms with Crippen LogP contribution >= 0.6 is 12.6 Å². The smallest absolute Gasteiger partial charge is 0.300 e. The highest BCUT2D eigenvalue weighted by Crippen LogP contribution is 2.11. The molecule has 0 aliphatic heterocycles. The number of nitrogens with zero attached hydrogens (tertiary/aromatic N) is 1. The van der Waals surface area contributed by atoms with Gasteiger partial charge in [-0.25, -0.2) is 4.79 Å². The molecular weight excluding hydrogens is 296 g/mol. The molecule has 0 aliphatic rings. The molecule has 0 bridgehead atoms. The van der Waals surface area contributed by atoms with E-state index in [1.807, 2.05) is 0 Å². The van der Waals surface area contributed by atoms with E-state index < -0.39 is 0 Å². The van der Waals surface area contributed by atoms with E-state index in [0.717, 1.165) is 18.6 Å². The first-order valence-corrected chi connectivity index (χ1v) is 9.19. The van der Waals surface area contributed by atoms with Gasteiger partial charge in [0.2, 0.25) is 0 Å². The van der Waals surface area contributed by atoms with E-state index in [0.29, 0.717) is 12.1 Å². The second-order valence-electron chi connectivity index (χ2n) is 6.02. The third-order valence-electron chi connectivity index (χ3n) is 4.00. The number of H-pyrrole nitrogens is 1. The van der Waals surface area contributed by atoms with Crippen LogP contribution in [-0.2, 0) is 6.54 Å². The predicted octanol–water partition coefficient (Wildman–Crippen LogP) is 3.68. The fourth-order valence-electron chi connectivity index (χ4n) is 2.59. The molecule has 0 unspecified atom stereocenters. The first-order chi connectivity index (χ1) is 10.6. The third kappa shape index (κ3) is 7.87. The molecule has 1 heterocycles. The third-order valence-corrected chi connectivity index (χ3v) is 4.31. The minimum Gasteiger partial charge on any atom is -0.300 e. The largest absolute Gasteiger partial charge is 0.328 e. The quantitative estimate of drug-likeness (QED) is 0.455. The van der Waals surface area contributed by atoms with Crippen molar-refractivity contribution in [2.75, 3.05) is 5.75 Å². The van der Waals surface area contributed by atoms with Gasteiger partial charge in [0.1, 0.15) is 0 Å². The van der Waals surface area contributed by atoms with Gasteiger partial charge in [-0.1, -0.05) is 51.4 Å². The van der Waals surface area contributed by atoms with E-state index in [4.69, 9.17) is 0 Å². The maximum atomic E-state index is 11.6. The van der Waals surface area contributed by atoms with E-state index in [1.54, 1.807) is 17.7 Å². The fraction of sp³-hybridized carbons (Fsp3) is 0.765. The summed E-state index contributed by atoms with van der Waals surface area (Å²) in [6.07, 6.45) is 14.2. The Hall–Kier alpha value is -0.970. The van der Waals surface area contributed by atoms with Crippen LogP contribution in [0.2, 0.25) is 0 Å². The number of nitrogens with one attached hydrogen (secondary N) is 1. The monoisotopic (exact) mass is 326 g/mol. The molecule has 0 saturated carbocycles. The first-order valence-electron chi connectivity index (χ1n) is 8.56. The summed E-state index contributed by atoms with van der Waals surface area (Å²) in [7, 11) is 0. The lowest BCUT2D eigenvalue weighted by Crippen LogP contribution is -2.30. The molecule has 0 saturated heterocycles. The summed E-state index contributed by atoms with van der Waals surface area (Å²) in [5.41, 5.74) is 0.0185. The average molecular weight is 327 g/mol. The second kappa shape index (κ2) is 11.6. The molecule has 0 fully saturated rings. The minimum atomic E-state index is -0.295. The number of rotatable bonds is 12. The van der Waals surface area contributed by atoms with Crippen molar-refractivity contribution in [2.24, 2.45) is 0 Å². The summed E-state index contributed by atoms with van der Waals surface area (Å²) >= 11 is 4.22. The standard InChI is InChI=1S/C17H30N2O2S/c1-15-14-19(17(21)18-16(15)20)12-10-8-6-4-2-3-5-7-9-11-13-22/h14,22H,2-13H2,1H3,(H,18,20,21). The van der Waals surface area contributed by atoms with Gasteiger partial charge in [-0.15, -0.1) is 0 Å². The molecule has 0 amide bonds. The Bertz CT molecular complexity index is 522. The van der Waals surface area contributed by atoms with Crippen LogP contribution in [0.1, 0.15) is 69.8 Å². The Morgan fingerprint density at radius 2 is 1.41 bits per heavy atom. The van der Waals surface area contributed by atoms with E-state index >= 15 is 0 Å². The van der Waals surface area contributed by atoms with Crippen LogP contribution in [-0.4, -0.2) is 15.3 Å². The van der Waals surface area contributed by atoms with Crippen molar-refractivity contribution in [3.05, 3.63) is 32.6 Å². The summed E-state index contributed by atoms with van der Waals surface area (Å²) < 4.78 is 1.61. The summed E-state index contributed by atoms with van der Waals surface area (Å²) in [5.74, 6) is 1.01. The van der Waals surface area contributed by atoms with Crippen LogP contribution in [0.5, 0.6) is 0 Å². The lowest BCUT2D eigenvalue weighted by atomic mass is 10.1. The maximum absolute atomic E-state index is 11.6. The van der Waals surface area contributed by atoms with Gasteiger partial charge in [0.05, 0.1) is 0 Å². The van der Waals surface area contributed by atoms with Gasteiger partial charge >= 0.3 is 5.69 Å². The van der Waals surface area contributed by atoms with Gasteiger partial charge in [0.15, 0.2) is 0 Å². The Balaban J connectivity index is 2.03.